The molecule has 0 aliphatic heterocycles. The molecular formula is C15H18FNO4. The van der Waals surface area contributed by atoms with Crippen molar-refractivity contribution in [2.75, 3.05) is 0 Å². The van der Waals surface area contributed by atoms with Gasteiger partial charge in [-0.15, -0.1) is 0 Å². The summed E-state index contributed by atoms with van der Waals surface area (Å²) in [6, 6.07) is 5.44. The lowest BCUT2D eigenvalue weighted by Gasteiger charge is -2.25. The van der Waals surface area contributed by atoms with E-state index in [-0.39, 0.29) is 17.0 Å². The number of hydrogen-bond donors (Lipinski definition) is 2. The minimum Gasteiger partial charge on any atom is -0.478 e. The number of carbonyl (C=O) groups is 2. The monoisotopic (exact) mass is 295 g/mol. The van der Waals surface area contributed by atoms with Crippen LogP contribution in [0.5, 0.6) is 5.75 Å². The summed E-state index contributed by atoms with van der Waals surface area (Å²) < 4.78 is 18.6. The molecule has 1 amide bonds. The summed E-state index contributed by atoms with van der Waals surface area (Å²) in [5.74, 6) is -1.89. The molecule has 0 saturated heterocycles. The number of ether oxygens (including phenoxy) is 1. The Hall–Kier alpha value is -2.37. The largest absolute Gasteiger partial charge is 0.478 e. The molecule has 21 heavy (non-hydrogen) atoms. The second-order valence-corrected chi connectivity index (χ2v) is 5.08. The first-order chi connectivity index (χ1) is 9.63. The molecule has 6 heteroatoms. The van der Waals surface area contributed by atoms with Crippen LogP contribution < -0.4 is 10.1 Å². The van der Waals surface area contributed by atoms with E-state index in [0.717, 1.165) is 0 Å². The van der Waals surface area contributed by atoms with Crippen LogP contribution in [0, 0.1) is 5.82 Å². The molecule has 0 atom stereocenters. The average molecular weight is 295 g/mol. The number of carboxylic acid groups (broad SMARTS) is 1. The molecule has 0 bridgehead atoms. The summed E-state index contributed by atoms with van der Waals surface area (Å²) in [5, 5.41) is 11.3. The molecule has 114 valence electrons. The lowest BCUT2D eigenvalue weighted by molar-refractivity contribution is -0.133. The Bertz CT molecular complexity index is 593. The van der Waals surface area contributed by atoms with Crippen LogP contribution in [-0.4, -0.2) is 22.6 Å². The summed E-state index contributed by atoms with van der Waals surface area (Å²) in [6.45, 7) is 5.89. The molecule has 0 spiro atoms. The van der Waals surface area contributed by atoms with Crippen LogP contribution in [0.25, 0.3) is 0 Å². The third-order valence-electron chi connectivity index (χ3n) is 2.90. The maximum Gasteiger partial charge on any atom is 0.333 e. The number of rotatable bonds is 5. The standard InChI is InChI=1S/C15H18FNO4/c1-9(13(18)19)10(2)17-14(20)15(3,4)21-12-7-5-6-11(16)8-12/h5-8H,1-4H3,(H,17,20)(H,18,19). The predicted molar refractivity (Wildman–Crippen MR) is 75.3 cm³/mol. The smallest absolute Gasteiger partial charge is 0.333 e. The first-order valence-corrected chi connectivity index (χ1v) is 6.30. The van der Waals surface area contributed by atoms with Crippen LogP contribution in [0.2, 0.25) is 0 Å². The van der Waals surface area contributed by atoms with Gasteiger partial charge >= 0.3 is 5.97 Å². The Morgan fingerprint density at radius 2 is 1.90 bits per heavy atom. The number of nitrogens with one attached hydrogen (secondary N) is 1. The van der Waals surface area contributed by atoms with E-state index in [1.807, 2.05) is 0 Å². The summed E-state index contributed by atoms with van der Waals surface area (Å²) >= 11 is 0. The molecule has 0 aromatic heterocycles. The summed E-state index contributed by atoms with van der Waals surface area (Å²) in [7, 11) is 0. The molecule has 1 aromatic rings. The zero-order valence-electron chi connectivity index (χ0n) is 12.4. The number of aliphatic carboxylic acids is 1. The Labute approximate surface area is 122 Å². The van der Waals surface area contributed by atoms with Crippen molar-refractivity contribution in [2.24, 2.45) is 0 Å². The quantitative estimate of drug-likeness (QED) is 0.818. The maximum atomic E-state index is 13.1. The second kappa shape index (κ2) is 6.39. The molecule has 0 fully saturated rings. The van der Waals surface area contributed by atoms with E-state index in [1.54, 1.807) is 0 Å². The molecule has 5 nitrogen and oxygen atoms in total. The van der Waals surface area contributed by atoms with Crippen molar-refractivity contribution in [2.45, 2.75) is 33.3 Å². The molecule has 2 N–H and O–H groups in total. The van der Waals surface area contributed by atoms with Gasteiger partial charge in [-0.25, -0.2) is 9.18 Å². The third kappa shape index (κ3) is 4.59. The van der Waals surface area contributed by atoms with E-state index < -0.39 is 23.3 Å². The summed E-state index contributed by atoms with van der Waals surface area (Å²) in [5.41, 5.74) is -1.03. The Balaban J connectivity index is 2.85. The number of halogens is 1. The average Bonchev–Trinajstić information content (AvgIpc) is 2.36. The zero-order valence-corrected chi connectivity index (χ0v) is 12.4. The maximum absolute atomic E-state index is 13.1. The van der Waals surface area contributed by atoms with Crippen LogP contribution in [0.3, 0.4) is 0 Å². The Morgan fingerprint density at radius 3 is 2.43 bits per heavy atom. The first kappa shape index (κ1) is 16.7. The molecule has 0 radical (unpaired) electrons. The first-order valence-electron chi connectivity index (χ1n) is 6.30. The van der Waals surface area contributed by atoms with Crippen molar-refractivity contribution < 1.29 is 23.8 Å². The van der Waals surface area contributed by atoms with Crippen molar-refractivity contribution in [3.8, 4) is 5.75 Å². The van der Waals surface area contributed by atoms with Gasteiger partial charge in [-0.2, -0.15) is 0 Å². The van der Waals surface area contributed by atoms with Gasteiger partial charge in [0.05, 0.1) is 5.57 Å². The predicted octanol–water partition coefficient (Wildman–Crippen LogP) is 2.48. The van der Waals surface area contributed by atoms with Gasteiger partial charge in [0.1, 0.15) is 11.6 Å². The molecule has 0 unspecified atom stereocenters. The van der Waals surface area contributed by atoms with Gasteiger partial charge in [-0.1, -0.05) is 6.07 Å². The van der Waals surface area contributed by atoms with E-state index >= 15 is 0 Å². The third-order valence-corrected chi connectivity index (χ3v) is 2.90. The van der Waals surface area contributed by atoms with Gasteiger partial charge < -0.3 is 15.2 Å². The SMILES string of the molecule is CC(NC(=O)C(C)(C)Oc1cccc(F)c1)=C(C)C(=O)O. The highest BCUT2D eigenvalue weighted by Gasteiger charge is 2.30. The van der Waals surface area contributed by atoms with Gasteiger partial charge in [0.2, 0.25) is 0 Å². The van der Waals surface area contributed by atoms with Crippen LogP contribution >= 0.6 is 0 Å². The van der Waals surface area contributed by atoms with Crippen molar-refractivity contribution in [1.82, 2.24) is 5.32 Å². The lowest BCUT2D eigenvalue weighted by Crippen LogP contribution is -2.46. The Morgan fingerprint density at radius 1 is 1.29 bits per heavy atom. The highest BCUT2D eigenvalue weighted by Crippen LogP contribution is 2.20. The molecular weight excluding hydrogens is 277 g/mol. The lowest BCUT2D eigenvalue weighted by atomic mass is 10.1. The van der Waals surface area contributed by atoms with Crippen molar-refractivity contribution in [1.29, 1.82) is 0 Å². The summed E-state index contributed by atoms with van der Waals surface area (Å²) in [4.78, 5) is 23.0. The fraction of sp³-hybridized carbons (Fsp3) is 0.333. The molecule has 1 rings (SSSR count). The van der Waals surface area contributed by atoms with Crippen LogP contribution in [0.15, 0.2) is 35.5 Å². The van der Waals surface area contributed by atoms with E-state index in [4.69, 9.17) is 9.84 Å². The fourth-order valence-electron chi connectivity index (χ4n) is 1.45. The van der Waals surface area contributed by atoms with E-state index in [9.17, 15) is 14.0 Å². The van der Waals surface area contributed by atoms with Gasteiger partial charge in [0, 0.05) is 11.8 Å². The molecule has 0 heterocycles. The van der Waals surface area contributed by atoms with Crippen LogP contribution in [0.4, 0.5) is 4.39 Å². The second-order valence-electron chi connectivity index (χ2n) is 5.08. The van der Waals surface area contributed by atoms with E-state index in [0.29, 0.717) is 0 Å². The van der Waals surface area contributed by atoms with Gasteiger partial charge in [0.15, 0.2) is 5.60 Å². The van der Waals surface area contributed by atoms with Crippen LogP contribution in [-0.2, 0) is 9.59 Å². The highest BCUT2D eigenvalue weighted by atomic mass is 19.1. The Kier molecular flexibility index (Phi) is 5.07. The number of carboxylic acids is 1. The minimum atomic E-state index is -1.28. The molecule has 1 aromatic carbocycles. The van der Waals surface area contributed by atoms with Crippen LogP contribution in [0.1, 0.15) is 27.7 Å². The summed E-state index contributed by atoms with van der Waals surface area (Å²) in [6.07, 6.45) is 0. The number of hydrogen-bond acceptors (Lipinski definition) is 3. The topological polar surface area (TPSA) is 75.6 Å². The van der Waals surface area contributed by atoms with Gasteiger partial charge in [-0.05, 0) is 39.8 Å². The fourth-order valence-corrected chi connectivity index (χ4v) is 1.45. The van der Waals surface area contributed by atoms with E-state index in [1.165, 1.54) is 52.0 Å². The van der Waals surface area contributed by atoms with Crippen molar-refractivity contribution >= 4 is 11.9 Å². The van der Waals surface area contributed by atoms with E-state index in [2.05, 4.69) is 5.32 Å². The van der Waals surface area contributed by atoms with Crippen molar-refractivity contribution in [3.63, 3.8) is 0 Å². The highest BCUT2D eigenvalue weighted by molar-refractivity contribution is 5.90. The van der Waals surface area contributed by atoms with Gasteiger partial charge in [0.25, 0.3) is 5.91 Å². The minimum absolute atomic E-state index is 0.0323. The van der Waals surface area contributed by atoms with Crippen molar-refractivity contribution in [3.05, 3.63) is 41.4 Å². The number of amides is 1. The zero-order chi connectivity index (χ0) is 16.2. The molecule has 0 aliphatic carbocycles. The molecule has 0 aliphatic rings. The molecule has 0 saturated carbocycles. The number of benzene rings is 1. The van der Waals surface area contributed by atoms with Gasteiger partial charge in [-0.3, -0.25) is 4.79 Å². The normalized spacial score (nSPS) is 12.4. The number of allylic oxidation sites excluding steroid dienone is 1. The number of carbonyl (C=O) groups excluding carboxylic acids is 1.